The Morgan fingerprint density at radius 2 is 1.79 bits per heavy atom. The van der Waals surface area contributed by atoms with Gasteiger partial charge in [-0.05, 0) is 36.4 Å². The summed E-state index contributed by atoms with van der Waals surface area (Å²) in [6, 6.07) is 11.5. The normalized spacial score (nSPS) is 14.8. The van der Waals surface area contributed by atoms with Crippen LogP contribution in [0.15, 0.2) is 59.6 Å². The van der Waals surface area contributed by atoms with E-state index in [1.807, 2.05) is 0 Å². The maximum Gasteiger partial charge on any atom is 0.317 e. The number of anilines is 2. The fourth-order valence-electron chi connectivity index (χ4n) is 3.61. The van der Waals surface area contributed by atoms with Crippen molar-refractivity contribution in [1.82, 2.24) is 15.2 Å². The van der Waals surface area contributed by atoms with Crippen molar-refractivity contribution in [1.29, 1.82) is 0 Å². The largest absolute Gasteiger partial charge is 0.469 e. The summed E-state index contributed by atoms with van der Waals surface area (Å²) in [4.78, 5) is 30.4. The van der Waals surface area contributed by atoms with E-state index in [4.69, 9.17) is 39.5 Å². The highest BCUT2D eigenvalue weighted by atomic mass is 35.5. The molecule has 3 amide bonds. The monoisotopic (exact) mass is 597 g/mol. The molecular formula is C24H22Cl3N5O5S. The molecule has 0 aliphatic carbocycles. The molecule has 4 rings (SSSR count). The van der Waals surface area contributed by atoms with E-state index in [9.17, 15) is 18.0 Å². The van der Waals surface area contributed by atoms with Crippen molar-refractivity contribution < 1.29 is 22.7 Å². The number of benzene rings is 2. The van der Waals surface area contributed by atoms with E-state index in [-0.39, 0.29) is 61.9 Å². The van der Waals surface area contributed by atoms with Gasteiger partial charge < -0.3 is 20.3 Å². The number of halogens is 3. The molecule has 1 atom stereocenters. The molecule has 0 saturated carbocycles. The molecule has 1 aliphatic rings. The topological polar surface area (TPSA) is 121 Å². The van der Waals surface area contributed by atoms with Gasteiger partial charge in [0.15, 0.2) is 0 Å². The van der Waals surface area contributed by atoms with Crippen LogP contribution in [0.2, 0.25) is 15.1 Å². The Balaban J connectivity index is 1.70. The molecule has 2 N–H and O–H groups in total. The van der Waals surface area contributed by atoms with Crippen molar-refractivity contribution >= 4 is 68.1 Å². The van der Waals surface area contributed by atoms with Crippen LogP contribution >= 0.6 is 34.8 Å². The van der Waals surface area contributed by atoms with Crippen LogP contribution in [0.25, 0.3) is 0 Å². The standard InChI is InChI=1S/C24H22Cl3N5O5S/c1-31(2)24(34)29-12-16-13-32(38(35,36)17-6-3-5-14(25)9-17)20-10-15(11-28-23(20)37-16)30-22(33)21-18(26)7-4-8-19(21)27/h3-11,16H,12-13H2,1-2H3,(H,29,34)(H,30,33)/t16-/m0/s1. The van der Waals surface area contributed by atoms with Crippen molar-refractivity contribution in [2.45, 2.75) is 11.0 Å². The van der Waals surface area contributed by atoms with Gasteiger partial charge in [-0.2, -0.15) is 0 Å². The first-order valence-electron chi connectivity index (χ1n) is 11.1. The van der Waals surface area contributed by atoms with Gasteiger partial charge >= 0.3 is 6.03 Å². The average Bonchev–Trinajstić information content (AvgIpc) is 2.86. The van der Waals surface area contributed by atoms with Crippen LogP contribution in [0, 0.1) is 0 Å². The second-order valence-corrected chi connectivity index (χ2v) is 11.5. The molecule has 14 heteroatoms. The first-order valence-corrected chi connectivity index (χ1v) is 13.7. The Labute approximate surface area is 234 Å². The van der Waals surface area contributed by atoms with E-state index >= 15 is 0 Å². The minimum atomic E-state index is -4.15. The van der Waals surface area contributed by atoms with E-state index in [1.165, 1.54) is 47.5 Å². The molecule has 10 nitrogen and oxygen atoms in total. The number of urea groups is 1. The lowest BCUT2D eigenvalue weighted by molar-refractivity contribution is 0.102. The maximum atomic E-state index is 13.7. The van der Waals surface area contributed by atoms with Gasteiger partial charge in [-0.1, -0.05) is 46.9 Å². The van der Waals surface area contributed by atoms with Crippen LogP contribution in [0.4, 0.5) is 16.2 Å². The molecule has 2 heterocycles. The number of pyridine rings is 1. The number of aromatic nitrogens is 1. The van der Waals surface area contributed by atoms with E-state index in [1.54, 1.807) is 26.2 Å². The van der Waals surface area contributed by atoms with Gasteiger partial charge in [0.1, 0.15) is 11.8 Å². The summed E-state index contributed by atoms with van der Waals surface area (Å²) in [7, 11) is -0.988. The summed E-state index contributed by atoms with van der Waals surface area (Å²) in [5.74, 6) is -0.604. The zero-order valence-corrected chi connectivity index (χ0v) is 23.2. The van der Waals surface area contributed by atoms with E-state index in [0.29, 0.717) is 0 Å². The second-order valence-electron chi connectivity index (χ2n) is 8.41. The van der Waals surface area contributed by atoms with E-state index < -0.39 is 22.0 Å². The predicted molar refractivity (Wildman–Crippen MR) is 146 cm³/mol. The number of nitrogens with one attached hydrogen (secondary N) is 2. The highest BCUT2D eigenvalue weighted by molar-refractivity contribution is 7.92. The number of nitrogens with zero attached hydrogens (tertiary/aromatic N) is 3. The highest BCUT2D eigenvalue weighted by Gasteiger charge is 2.36. The van der Waals surface area contributed by atoms with Crippen molar-refractivity contribution in [3.8, 4) is 5.88 Å². The fourth-order valence-corrected chi connectivity index (χ4v) is 5.97. The molecule has 3 aromatic rings. The molecule has 0 spiro atoms. The molecule has 0 fully saturated rings. The van der Waals surface area contributed by atoms with Gasteiger partial charge in [0, 0.05) is 19.1 Å². The second kappa shape index (κ2) is 11.2. The molecule has 2 aromatic carbocycles. The highest BCUT2D eigenvalue weighted by Crippen LogP contribution is 2.38. The third-order valence-corrected chi connectivity index (χ3v) is 8.11. The minimum absolute atomic E-state index is 0.000250. The number of hydrogen-bond donors (Lipinski definition) is 2. The summed E-state index contributed by atoms with van der Waals surface area (Å²) >= 11 is 18.3. The average molecular weight is 599 g/mol. The van der Waals surface area contributed by atoms with Crippen molar-refractivity contribution in [3.05, 3.63) is 75.4 Å². The molecular weight excluding hydrogens is 577 g/mol. The molecule has 200 valence electrons. The molecule has 0 radical (unpaired) electrons. The van der Waals surface area contributed by atoms with Gasteiger partial charge in [-0.3, -0.25) is 9.10 Å². The molecule has 1 aliphatic heterocycles. The summed E-state index contributed by atoms with van der Waals surface area (Å²) in [5, 5.41) is 5.86. The number of ether oxygens (including phenoxy) is 1. The quantitative estimate of drug-likeness (QED) is 0.430. The number of carbonyl (C=O) groups is 2. The Morgan fingerprint density at radius 3 is 2.45 bits per heavy atom. The SMILES string of the molecule is CN(C)C(=O)NC[C@H]1CN(S(=O)(=O)c2cccc(Cl)c2)c2cc(NC(=O)c3c(Cl)cccc3Cl)cnc2O1. The predicted octanol–water partition coefficient (Wildman–Crippen LogP) is 4.52. The Morgan fingerprint density at radius 1 is 1.11 bits per heavy atom. The third-order valence-electron chi connectivity index (χ3n) is 5.47. The zero-order chi connectivity index (χ0) is 27.6. The molecule has 0 bridgehead atoms. The summed E-state index contributed by atoms with van der Waals surface area (Å²) in [6.07, 6.45) is 0.558. The van der Waals surface area contributed by atoms with Crippen LogP contribution in [0.1, 0.15) is 10.4 Å². The summed E-state index contributed by atoms with van der Waals surface area (Å²) in [5.41, 5.74) is 0.326. The number of sulfonamides is 1. The van der Waals surface area contributed by atoms with Crippen LogP contribution in [-0.4, -0.2) is 63.5 Å². The Kier molecular flexibility index (Phi) is 8.22. The smallest absolute Gasteiger partial charge is 0.317 e. The summed E-state index contributed by atoms with van der Waals surface area (Å²) in [6.45, 7) is -0.131. The van der Waals surface area contributed by atoms with Crippen LogP contribution in [0.3, 0.4) is 0 Å². The van der Waals surface area contributed by atoms with E-state index in [0.717, 1.165) is 4.31 Å². The lowest BCUT2D eigenvalue weighted by atomic mass is 10.2. The van der Waals surface area contributed by atoms with Crippen molar-refractivity contribution in [2.75, 3.05) is 36.8 Å². The van der Waals surface area contributed by atoms with Gasteiger partial charge in [0.05, 0.1) is 45.5 Å². The Hall–Kier alpha value is -3.25. The first-order chi connectivity index (χ1) is 18.0. The number of hydrogen-bond acceptors (Lipinski definition) is 6. The fraction of sp³-hybridized carbons (Fsp3) is 0.208. The lowest BCUT2D eigenvalue weighted by Gasteiger charge is -2.35. The minimum Gasteiger partial charge on any atom is -0.469 e. The van der Waals surface area contributed by atoms with Gasteiger partial charge in [-0.15, -0.1) is 0 Å². The number of fused-ring (bicyclic) bond motifs is 1. The van der Waals surface area contributed by atoms with Crippen LogP contribution in [0.5, 0.6) is 5.88 Å². The number of carbonyl (C=O) groups excluding carboxylic acids is 2. The molecule has 0 saturated heterocycles. The lowest BCUT2D eigenvalue weighted by Crippen LogP contribution is -2.49. The van der Waals surface area contributed by atoms with Crippen LogP contribution in [-0.2, 0) is 10.0 Å². The van der Waals surface area contributed by atoms with Crippen molar-refractivity contribution in [2.24, 2.45) is 0 Å². The Bertz CT molecular complexity index is 1480. The first kappa shape index (κ1) is 27.8. The van der Waals surface area contributed by atoms with Gasteiger partial charge in [0.25, 0.3) is 15.9 Å². The van der Waals surface area contributed by atoms with Gasteiger partial charge in [-0.25, -0.2) is 18.2 Å². The van der Waals surface area contributed by atoms with Crippen LogP contribution < -0.4 is 19.7 Å². The maximum absolute atomic E-state index is 13.7. The zero-order valence-electron chi connectivity index (χ0n) is 20.1. The third kappa shape index (κ3) is 5.91. The van der Waals surface area contributed by atoms with E-state index in [2.05, 4.69) is 15.6 Å². The molecule has 1 aromatic heterocycles. The number of rotatable bonds is 6. The number of amides is 3. The molecule has 0 unspecified atom stereocenters. The van der Waals surface area contributed by atoms with Crippen molar-refractivity contribution in [3.63, 3.8) is 0 Å². The summed E-state index contributed by atoms with van der Waals surface area (Å²) < 4.78 is 34.4. The van der Waals surface area contributed by atoms with Gasteiger partial charge in [0.2, 0.25) is 5.88 Å². The molecule has 38 heavy (non-hydrogen) atoms.